The van der Waals surface area contributed by atoms with E-state index in [1.807, 2.05) is 6.07 Å². The average molecular weight is 334 g/mol. The minimum absolute atomic E-state index is 0.207. The summed E-state index contributed by atoms with van der Waals surface area (Å²) in [4.78, 5) is 27.3. The predicted molar refractivity (Wildman–Crippen MR) is 83.4 cm³/mol. The monoisotopic (exact) mass is 333 g/mol. The number of hydrogen-bond acceptors (Lipinski definition) is 4. The minimum Gasteiger partial charge on any atom is -0.544 e. The number of halogens is 1. The van der Waals surface area contributed by atoms with Crippen LogP contribution in [0.15, 0.2) is 48.7 Å². The second-order valence-electron chi connectivity index (χ2n) is 4.95. The van der Waals surface area contributed by atoms with Gasteiger partial charge in [0, 0.05) is 16.9 Å². The number of rotatable bonds is 7. The molecule has 0 aliphatic rings. The normalized spacial score (nSPS) is 11.7. The van der Waals surface area contributed by atoms with E-state index in [0.29, 0.717) is 17.3 Å². The molecule has 2 rings (SSSR count). The Labute approximate surface area is 138 Å². The van der Waals surface area contributed by atoms with Gasteiger partial charge in [-0.1, -0.05) is 23.7 Å². The van der Waals surface area contributed by atoms with Crippen LogP contribution in [0, 0.1) is 0 Å². The Kier molecular flexibility index (Phi) is 6.08. The Morgan fingerprint density at radius 2 is 2.09 bits per heavy atom. The van der Waals surface area contributed by atoms with Gasteiger partial charge in [-0.05, 0) is 30.3 Å². The van der Waals surface area contributed by atoms with Gasteiger partial charge >= 0.3 is 0 Å². The average Bonchev–Trinajstić information content (AvgIpc) is 2.52. The molecule has 0 fully saturated rings. The van der Waals surface area contributed by atoms with Crippen molar-refractivity contribution in [2.45, 2.75) is 19.0 Å². The van der Waals surface area contributed by atoms with E-state index in [9.17, 15) is 14.7 Å². The predicted octanol–water partition coefficient (Wildman–Crippen LogP) is -0.0543. The number of carbonyl (C=O) groups excluding carboxylic acids is 2. The lowest BCUT2D eigenvalue weighted by atomic mass is 10.2. The lowest BCUT2D eigenvalue weighted by molar-refractivity contribution is -0.697. The summed E-state index contributed by atoms with van der Waals surface area (Å²) in [6.07, 6.45) is 1.42. The fraction of sp³-hybridized carbons (Fsp3) is 0.188. The summed E-state index contributed by atoms with van der Waals surface area (Å²) in [5, 5.41) is 15.8. The number of carboxylic acids is 1. The molecule has 1 atom stereocenters. The first kappa shape index (κ1) is 16.9. The fourth-order valence-corrected chi connectivity index (χ4v) is 2.21. The molecule has 1 aromatic heterocycles. The van der Waals surface area contributed by atoms with Gasteiger partial charge in [0.15, 0.2) is 0 Å². The quantitative estimate of drug-likeness (QED) is 0.742. The number of benzene rings is 1. The van der Waals surface area contributed by atoms with E-state index in [0.717, 1.165) is 5.69 Å². The summed E-state index contributed by atoms with van der Waals surface area (Å²) >= 11 is 5.83. The smallest absolute Gasteiger partial charge is 0.230 e. The molecule has 23 heavy (non-hydrogen) atoms. The highest BCUT2D eigenvalue weighted by Gasteiger charge is 2.18. The number of nitrogens with one attached hydrogen (secondary N) is 1. The van der Waals surface area contributed by atoms with Crippen LogP contribution in [0.2, 0.25) is 5.02 Å². The molecule has 1 amide bonds. The molecule has 0 bridgehead atoms. The van der Waals surface area contributed by atoms with E-state index in [4.69, 9.17) is 11.6 Å². The number of pyridine rings is 1. The van der Waals surface area contributed by atoms with Crippen LogP contribution in [0.5, 0.6) is 0 Å². The number of amides is 1. The highest BCUT2D eigenvalue weighted by Crippen LogP contribution is 2.15. The molecule has 0 aliphatic heterocycles. The van der Waals surface area contributed by atoms with E-state index in [2.05, 4.69) is 10.3 Å². The summed E-state index contributed by atoms with van der Waals surface area (Å²) < 4.78 is 0. The van der Waals surface area contributed by atoms with Crippen molar-refractivity contribution in [1.29, 1.82) is 0 Å². The number of carbonyl (C=O) groups is 2. The second-order valence-corrected chi connectivity index (χ2v) is 5.39. The Hall–Kier alpha value is -2.44. The minimum atomic E-state index is -1.29. The first-order chi connectivity index (χ1) is 11.0. The van der Waals surface area contributed by atoms with Crippen LogP contribution in [0.3, 0.4) is 0 Å². The first-order valence-electron chi connectivity index (χ1n) is 7.04. The lowest BCUT2D eigenvalue weighted by Crippen LogP contribution is -2.92. The summed E-state index contributed by atoms with van der Waals surface area (Å²) in [5.41, 5.74) is 1.25. The Bertz CT molecular complexity index is 679. The molecule has 7 heteroatoms. The number of aromatic nitrogens is 1. The SMILES string of the molecule is O=C(CC([NH2+]Cc1ccccn1)C(=O)[O-])Nc1cccc(Cl)c1. The van der Waals surface area contributed by atoms with Crippen LogP contribution >= 0.6 is 11.6 Å². The third-order valence-electron chi connectivity index (χ3n) is 3.15. The molecule has 0 saturated carbocycles. The number of hydrogen-bond donors (Lipinski definition) is 2. The molecule has 120 valence electrons. The van der Waals surface area contributed by atoms with Gasteiger partial charge in [0.25, 0.3) is 0 Å². The molecule has 0 spiro atoms. The number of nitrogens with two attached hydrogens (primary N) is 1. The molecule has 1 unspecified atom stereocenters. The van der Waals surface area contributed by atoms with Crippen molar-refractivity contribution in [3.8, 4) is 0 Å². The molecule has 3 N–H and O–H groups in total. The lowest BCUT2D eigenvalue weighted by Gasteiger charge is -2.16. The van der Waals surface area contributed by atoms with Crippen molar-refractivity contribution in [1.82, 2.24) is 4.98 Å². The molecule has 6 nitrogen and oxygen atoms in total. The van der Waals surface area contributed by atoms with E-state index in [1.54, 1.807) is 42.6 Å². The van der Waals surface area contributed by atoms with Crippen LogP contribution in [0.4, 0.5) is 5.69 Å². The van der Waals surface area contributed by atoms with E-state index >= 15 is 0 Å². The summed E-state index contributed by atoms with van der Waals surface area (Å²) in [7, 11) is 0. The number of carboxylic acid groups (broad SMARTS) is 1. The zero-order valence-corrected chi connectivity index (χ0v) is 13.0. The van der Waals surface area contributed by atoms with Gasteiger partial charge in [-0.25, -0.2) is 0 Å². The maximum absolute atomic E-state index is 12.0. The van der Waals surface area contributed by atoms with Gasteiger partial charge in [0.1, 0.15) is 12.6 Å². The summed E-state index contributed by atoms with van der Waals surface area (Å²) in [5.74, 6) is -1.71. The third-order valence-corrected chi connectivity index (χ3v) is 3.39. The number of anilines is 1. The zero-order valence-electron chi connectivity index (χ0n) is 12.2. The molecular weight excluding hydrogens is 318 g/mol. The molecule has 0 saturated heterocycles. The van der Waals surface area contributed by atoms with Crippen LogP contribution in [0.25, 0.3) is 0 Å². The molecule has 2 aromatic rings. The summed E-state index contributed by atoms with van der Waals surface area (Å²) in [6, 6.07) is 11.0. The number of quaternary nitrogens is 1. The highest BCUT2D eigenvalue weighted by atomic mass is 35.5. The van der Waals surface area contributed by atoms with E-state index in [-0.39, 0.29) is 6.42 Å². The van der Waals surface area contributed by atoms with Crippen LogP contribution < -0.4 is 15.7 Å². The Morgan fingerprint density at radius 1 is 1.26 bits per heavy atom. The van der Waals surface area contributed by atoms with Crippen molar-refractivity contribution in [2.24, 2.45) is 0 Å². The van der Waals surface area contributed by atoms with E-state index < -0.39 is 17.9 Å². The maximum atomic E-state index is 12.0. The van der Waals surface area contributed by atoms with Crippen molar-refractivity contribution in [3.05, 3.63) is 59.4 Å². The Morgan fingerprint density at radius 3 is 2.74 bits per heavy atom. The number of aliphatic carboxylic acids is 1. The maximum Gasteiger partial charge on any atom is 0.230 e. The van der Waals surface area contributed by atoms with Gasteiger partial charge in [-0.2, -0.15) is 0 Å². The highest BCUT2D eigenvalue weighted by molar-refractivity contribution is 6.30. The van der Waals surface area contributed by atoms with Gasteiger partial charge in [0.05, 0.1) is 18.1 Å². The fourth-order valence-electron chi connectivity index (χ4n) is 2.02. The first-order valence-corrected chi connectivity index (χ1v) is 7.42. The zero-order chi connectivity index (χ0) is 16.7. The van der Waals surface area contributed by atoms with Crippen molar-refractivity contribution in [3.63, 3.8) is 0 Å². The van der Waals surface area contributed by atoms with Crippen LogP contribution in [0.1, 0.15) is 12.1 Å². The topological polar surface area (TPSA) is 98.7 Å². The molecule has 0 aliphatic carbocycles. The van der Waals surface area contributed by atoms with Crippen LogP contribution in [-0.4, -0.2) is 22.9 Å². The van der Waals surface area contributed by atoms with Gasteiger partial charge in [0.2, 0.25) is 5.91 Å². The van der Waals surface area contributed by atoms with Gasteiger partial charge < -0.3 is 20.5 Å². The third kappa shape index (κ3) is 5.69. The van der Waals surface area contributed by atoms with Gasteiger partial charge in [-0.3, -0.25) is 9.78 Å². The van der Waals surface area contributed by atoms with Crippen LogP contribution in [-0.2, 0) is 16.1 Å². The standard InChI is InChI=1S/C16H16ClN3O3/c17-11-4-3-6-12(8-11)20-15(21)9-14(16(22)23)19-10-13-5-1-2-7-18-13/h1-8,14,19H,9-10H2,(H,20,21)(H,22,23). The molecule has 1 aromatic carbocycles. The largest absolute Gasteiger partial charge is 0.544 e. The van der Waals surface area contributed by atoms with E-state index in [1.165, 1.54) is 5.32 Å². The van der Waals surface area contributed by atoms with Gasteiger partial charge in [-0.15, -0.1) is 0 Å². The number of nitrogens with zero attached hydrogens (tertiary/aromatic N) is 1. The summed E-state index contributed by atoms with van der Waals surface area (Å²) in [6.45, 7) is 0.351. The van der Waals surface area contributed by atoms with Crippen molar-refractivity contribution < 1.29 is 20.0 Å². The van der Waals surface area contributed by atoms with Crippen molar-refractivity contribution in [2.75, 3.05) is 5.32 Å². The van der Waals surface area contributed by atoms with Crippen molar-refractivity contribution >= 4 is 29.2 Å². The molecule has 1 heterocycles. The molecular formula is C16H16ClN3O3. The second kappa shape index (κ2) is 8.26. The Balaban J connectivity index is 1.91. The molecule has 0 radical (unpaired) electrons.